The average Bonchev–Trinajstić information content (AvgIpc) is 2.99. The lowest BCUT2D eigenvalue weighted by molar-refractivity contribution is -0.168. The third-order valence-corrected chi connectivity index (χ3v) is 9.44. The maximum absolute atomic E-state index is 13.1. The predicted octanol–water partition coefficient (Wildman–Crippen LogP) is 4.49. The van der Waals surface area contributed by atoms with Gasteiger partial charge in [-0.15, -0.1) is 0 Å². The molecule has 0 aromatic heterocycles. The summed E-state index contributed by atoms with van der Waals surface area (Å²) in [6, 6.07) is 18.6. The number of nitrogens with one attached hydrogen (secondary N) is 2. The van der Waals surface area contributed by atoms with Gasteiger partial charge in [0.1, 0.15) is 13.2 Å². The topological polar surface area (TPSA) is 137 Å². The van der Waals surface area contributed by atoms with E-state index >= 15 is 0 Å². The van der Waals surface area contributed by atoms with Gasteiger partial charge in [0, 0.05) is 47.3 Å². The Bertz CT molecular complexity index is 1200. The first-order valence-electron chi connectivity index (χ1n) is 14.3. The van der Waals surface area contributed by atoms with Gasteiger partial charge < -0.3 is 24.8 Å². The normalized spacial score (nSPS) is 13.7. The number of hydrogen-bond acceptors (Lipinski definition) is 10. The van der Waals surface area contributed by atoms with Gasteiger partial charge in [0.2, 0.25) is 12.2 Å². The van der Waals surface area contributed by atoms with E-state index in [0.717, 1.165) is 11.1 Å². The molecule has 2 aromatic rings. The quantitative estimate of drug-likeness (QED) is 0.0955. The molecule has 4 atom stereocenters. The van der Waals surface area contributed by atoms with Crippen molar-refractivity contribution in [3.63, 3.8) is 0 Å². The summed E-state index contributed by atoms with van der Waals surface area (Å²) in [6.45, 7) is 4.72. The predicted molar refractivity (Wildman–Crippen MR) is 175 cm³/mol. The van der Waals surface area contributed by atoms with E-state index in [-0.39, 0.29) is 31.0 Å². The zero-order chi connectivity index (χ0) is 32.3. The summed E-state index contributed by atoms with van der Waals surface area (Å²) in [4.78, 5) is 49.6. The number of carbonyl (C=O) groups excluding carboxylic acids is 4. The number of carbonyl (C=O) groups is 4. The molecule has 0 radical (unpaired) electrons. The first-order chi connectivity index (χ1) is 21.0. The van der Waals surface area contributed by atoms with Crippen LogP contribution in [0.3, 0.4) is 0 Å². The fourth-order valence-electron chi connectivity index (χ4n) is 3.66. The van der Waals surface area contributed by atoms with Crippen molar-refractivity contribution in [3.8, 4) is 0 Å². The molecule has 0 bridgehead atoms. The molecule has 0 fully saturated rings. The standard InChI is InChI=1S/C31H42N2O8S3/c1-22(2)30(36)40-23(3)41-31(37)33-27(15-16-44(4)38)21-43-42-20-26(17-24-11-7-5-8-12-24)29(35)32-18-28(34)39-19-25-13-9-6-10-14-25/h5-14,22-23,26-27H,15-21H2,1-4H3,(H,32,35)(H,33,37)/t23?,26-,27+,44?/m1/s1. The average molecular weight is 667 g/mol. The Balaban J connectivity index is 1.89. The van der Waals surface area contributed by atoms with Crippen LogP contribution in [0.4, 0.5) is 4.79 Å². The van der Waals surface area contributed by atoms with Crippen molar-refractivity contribution in [2.75, 3.05) is 30.1 Å². The van der Waals surface area contributed by atoms with Gasteiger partial charge in [0.15, 0.2) is 0 Å². The molecule has 0 aliphatic carbocycles. The Morgan fingerprint density at radius 2 is 1.48 bits per heavy atom. The zero-order valence-electron chi connectivity index (χ0n) is 25.5. The molecule has 2 N–H and O–H groups in total. The molecule has 13 heteroatoms. The van der Waals surface area contributed by atoms with Crippen molar-refractivity contribution in [3.05, 3.63) is 71.8 Å². The van der Waals surface area contributed by atoms with Crippen LogP contribution in [0.5, 0.6) is 0 Å². The van der Waals surface area contributed by atoms with E-state index in [1.54, 1.807) is 20.1 Å². The van der Waals surface area contributed by atoms with Crippen molar-refractivity contribution in [1.82, 2.24) is 10.6 Å². The molecule has 2 aromatic carbocycles. The van der Waals surface area contributed by atoms with Gasteiger partial charge in [-0.2, -0.15) is 0 Å². The molecule has 44 heavy (non-hydrogen) atoms. The molecule has 0 heterocycles. The summed E-state index contributed by atoms with van der Waals surface area (Å²) in [5.41, 5.74) is 1.85. The Morgan fingerprint density at radius 3 is 2.09 bits per heavy atom. The van der Waals surface area contributed by atoms with Crippen LogP contribution in [0.2, 0.25) is 0 Å². The molecular weight excluding hydrogens is 625 g/mol. The maximum Gasteiger partial charge on any atom is 0.410 e. The Kier molecular flexibility index (Phi) is 17.6. The minimum Gasteiger partial charge on any atom is -0.460 e. The van der Waals surface area contributed by atoms with E-state index in [1.165, 1.54) is 28.5 Å². The highest BCUT2D eigenvalue weighted by atomic mass is 33.1. The van der Waals surface area contributed by atoms with Crippen molar-refractivity contribution in [1.29, 1.82) is 0 Å². The van der Waals surface area contributed by atoms with E-state index in [0.29, 0.717) is 30.1 Å². The van der Waals surface area contributed by atoms with Crippen LogP contribution in [0, 0.1) is 11.8 Å². The van der Waals surface area contributed by atoms with E-state index in [4.69, 9.17) is 14.2 Å². The summed E-state index contributed by atoms with van der Waals surface area (Å²) in [6.07, 6.45) is 0.724. The lowest BCUT2D eigenvalue weighted by Crippen LogP contribution is -2.40. The number of ether oxygens (including phenoxy) is 3. The van der Waals surface area contributed by atoms with Crippen LogP contribution in [0.25, 0.3) is 0 Å². The van der Waals surface area contributed by atoms with Crippen LogP contribution < -0.4 is 10.6 Å². The summed E-state index contributed by atoms with van der Waals surface area (Å²) in [7, 11) is 1.88. The third-order valence-electron chi connectivity index (χ3n) is 6.07. The smallest absolute Gasteiger partial charge is 0.410 e. The number of esters is 2. The number of alkyl carbamates (subject to hydrolysis) is 1. The zero-order valence-corrected chi connectivity index (χ0v) is 28.0. The van der Waals surface area contributed by atoms with Gasteiger partial charge in [-0.05, 0) is 24.0 Å². The van der Waals surface area contributed by atoms with Crippen LogP contribution >= 0.6 is 21.6 Å². The largest absolute Gasteiger partial charge is 0.460 e. The molecule has 0 aliphatic heterocycles. The Morgan fingerprint density at radius 1 is 0.864 bits per heavy atom. The second-order valence-corrected chi connectivity index (χ2v) is 14.4. The van der Waals surface area contributed by atoms with Crippen LogP contribution in [-0.2, 0) is 52.4 Å². The third kappa shape index (κ3) is 16.2. The Hall–Kier alpha value is -3.03. The molecule has 10 nitrogen and oxygen atoms in total. The molecule has 2 amide bonds. The van der Waals surface area contributed by atoms with Crippen LogP contribution in [0.1, 0.15) is 38.3 Å². The number of benzene rings is 2. The summed E-state index contributed by atoms with van der Waals surface area (Å²) in [5.74, 6) is -0.750. The van der Waals surface area contributed by atoms with E-state index in [9.17, 15) is 23.4 Å². The van der Waals surface area contributed by atoms with Gasteiger partial charge in [-0.1, -0.05) is 96.1 Å². The first kappa shape index (κ1) is 37.2. The minimum absolute atomic E-state index is 0.131. The maximum atomic E-state index is 13.1. The Labute approximate surface area is 270 Å². The molecule has 0 aliphatic rings. The van der Waals surface area contributed by atoms with Crippen molar-refractivity contribution >= 4 is 56.3 Å². The second kappa shape index (κ2) is 20.8. The molecule has 242 valence electrons. The molecule has 0 saturated heterocycles. The second-order valence-electron chi connectivity index (χ2n) is 10.3. The monoisotopic (exact) mass is 666 g/mol. The van der Waals surface area contributed by atoms with E-state index in [1.807, 2.05) is 60.7 Å². The highest BCUT2D eigenvalue weighted by Crippen LogP contribution is 2.27. The fourth-order valence-corrected chi connectivity index (χ4v) is 6.88. The first-order valence-corrected chi connectivity index (χ1v) is 18.5. The van der Waals surface area contributed by atoms with Gasteiger partial charge in [0.25, 0.3) is 0 Å². The number of hydrogen-bond donors (Lipinski definition) is 2. The number of amides is 2. The van der Waals surface area contributed by atoms with Gasteiger partial charge >= 0.3 is 18.0 Å². The summed E-state index contributed by atoms with van der Waals surface area (Å²) in [5, 5.41) is 5.47. The highest BCUT2D eigenvalue weighted by Gasteiger charge is 2.22. The van der Waals surface area contributed by atoms with Crippen molar-refractivity contribution < 1.29 is 37.6 Å². The van der Waals surface area contributed by atoms with Crippen molar-refractivity contribution in [2.45, 2.75) is 52.6 Å². The summed E-state index contributed by atoms with van der Waals surface area (Å²) < 4.78 is 27.2. The fraction of sp³-hybridized carbons (Fsp3) is 0.484. The van der Waals surface area contributed by atoms with Gasteiger partial charge in [-0.25, -0.2) is 4.79 Å². The molecule has 2 unspecified atom stereocenters. The lowest BCUT2D eigenvalue weighted by Gasteiger charge is -2.21. The van der Waals surface area contributed by atoms with Gasteiger partial charge in [0.05, 0.1) is 11.8 Å². The van der Waals surface area contributed by atoms with E-state index < -0.39 is 41.0 Å². The molecular formula is C31H42N2O8S3. The molecule has 0 spiro atoms. The summed E-state index contributed by atoms with van der Waals surface area (Å²) >= 11 is 0. The van der Waals surface area contributed by atoms with Crippen LogP contribution in [-0.4, -0.2) is 70.5 Å². The molecule has 0 saturated carbocycles. The number of rotatable bonds is 19. The lowest BCUT2D eigenvalue weighted by atomic mass is 10.0. The SMILES string of the molecule is CC(OC(=O)N[C@@H](CCS(C)=O)CSSC[C@@H](Cc1ccccc1)C(=O)NCC(=O)OCc1ccccc1)OC(=O)C(C)C. The van der Waals surface area contributed by atoms with Crippen molar-refractivity contribution in [2.24, 2.45) is 11.8 Å². The highest BCUT2D eigenvalue weighted by molar-refractivity contribution is 8.76. The molecule has 2 rings (SSSR count). The minimum atomic E-state index is -1.06. The van der Waals surface area contributed by atoms with E-state index in [2.05, 4.69) is 10.6 Å². The van der Waals surface area contributed by atoms with Gasteiger partial charge in [-0.3, -0.25) is 18.6 Å². The van der Waals surface area contributed by atoms with Crippen LogP contribution in [0.15, 0.2) is 60.7 Å².